The molecule has 1 aromatic heterocycles. The van der Waals surface area contributed by atoms with E-state index in [1.165, 1.54) is 36.4 Å². The lowest BCUT2D eigenvalue weighted by Crippen LogP contribution is -2.49. The number of hydrogen-bond donors (Lipinski definition) is 0. The summed E-state index contributed by atoms with van der Waals surface area (Å²) in [6.45, 7) is 1.86. The topological polar surface area (TPSA) is 83.7 Å². The maximum atomic E-state index is 13.4. The summed E-state index contributed by atoms with van der Waals surface area (Å²) in [4.78, 5) is 20.5. The quantitative estimate of drug-likeness (QED) is 0.587. The van der Waals surface area contributed by atoms with E-state index in [1.807, 2.05) is 9.80 Å². The molecule has 0 atom stereocenters. The predicted octanol–water partition coefficient (Wildman–Crippen LogP) is 3.37. The van der Waals surface area contributed by atoms with Crippen molar-refractivity contribution in [3.63, 3.8) is 0 Å². The van der Waals surface area contributed by atoms with Gasteiger partial charge in [0, 0.05) is 37.7 Å². The number of nitrogens with zero attached hydrogens (tertiary/aromatic N) is 3. The van der Waals surface area contributed by atoms with Crippen LogP contribution in [0.15, 0.2) is 68.9 Å². The van der Waals surface area contributed by atoms with Crippen molar-refractivity contribution in [3.05, 3.63) is 60.4 Å². The summed E-state index contributed by atoms with van der Waals surface area (Å²) in [6.07, 6.45) is 1.89. The number of anilines is 1. The van der Waals surface area contributed by atoms with Crippen LogP contribution in [-0.4, -0.2) is 50.4 Å². The molecule has 1 aliphatic carbocycles. The highest BCUT2D eigenvalue weighted by Gasteiger charge is 2.37. The molecule has 166 valence electrons. The number of piperazine rings is 1. The van der Waals surface area contributed by atoms with Crippen LogP contribution in [0, 0.1) is 11.7 Å². The Labute approximate surface area is 185 Å². The number of sulfone groups is 1. The summed E-state index contributed by atoms with van der Waals surface area (Å²) in [6, 6.07) is 13.6. The van der Waals surface area contributed by atoms with Crippen LogP contribution in [0.25, 0.3) is 11.5 Å². The first-order valence-electron chi connectivity index (χ1n) is 10.5. The molecule has 5 rings (SSSR count). The highest BCUT2D eigenvalue weighted by Crippen LogP contribution is 2.36. The molecular formula is C23H22FN3O4S. The van der Waals surface area contributed by atoms with Crippen LogP contribution in [0.4, 0.5) is 10.3 Å². The van der Waals surface area contributed by atoms with E-state index in [-0.39, 0.29) is 33.5 Å². The second kappa shape index (κ2) is 8.05. The summed E-state index contributed by atoms with van der Waals surface area (Å²) in [5, 5.41) is -0.176. The summed E-state index contributed by atoms with van der Waals surface area (Å²) in [7, 11) is -3.95. The molecule has 0 bridgehead atoms. The number of aromatic nitrogens is 1. The van der Waals surface area contributed by atoms with Crippen LogP contribution in [0.1, 0.15) is 12.8 Å². The molecule has 0 N–H and O–H groups in total. The van der Waals surface area contributed by atoms with Crippen molar-refractivity contribution >= 4 is 21.6 Å². The Morgan fingerprint density at radius 3 is 2.25 bits per heavy atom. The fourth-order valence-electron chi connectivity index (χ4n) is 3.82. The van der Waals surface area contributed by atoms with Crippen molar-refractivity contribution in [1.29, 1.82) is 0 Å². The van der Waals surface area contributed by atoms with Crippen molar-refractivity contribution in [2.24, 2.45) is 5.92 Å². The molecule has 7 nitrogen and oxygen atoms in total. The van der Waals surface area contributed by atoms with Crippen molar-refractivity contribution in [1.82, 2.24) is 9.88 Å². The smallest absolute Gasteiger partial charge is 0.236 e. The molecule has 2 aliphatic rings. The SMILES string of the molecule is O=C(C1CC1)N1CCN(c2oc(-c3ccc(F)cc3)nc2S(=O)(=O)c2ccccc2)CC1. The maximum Gasteiger partial charge on any atom is 0.236 e. The van der Waals surface area contributed by atoms with E-state index < -0.39 is 15.7 Å². The first-order valence-corrected chi connectivity index (χ1v) is 12.0. The van der Waals surface area contributed by atoms with Gasteiger partial charge >= 0.3 is 0 Å². The zero-order chi connectivity index (χ0) is 22.3. The third-order valence-corrected chi connectivity index (χ3v) is 7.45. The molecule has 0 spiro atoms. The number of oxazole rings is 1. The predicted molar refractivity (Wildman–Crippen MR) is 115 cm³/mol. The number of rotatable bonds is 5. The van der Waals surface area contributed by atoms with Gasteiger partial charge in [-0.15, -0.1) is 0 Å². The maximum absolute atomic E-state index is 13.4. The van der Waals surface area contributed by atoms with Crippen LogP contribution in [-0.2, 0) is 14.6 Å². The third-order valence-electron chi connectivity index (χ3n) is 5.78. The molecule has 1 aliphatic heterocycles. The fourth-order valence-corrected chi connectivity index (χ4v) is 5.16. The minimum Gasteiger partial charge on any atom is -0.419 e. The molecular weight excluding hydrogens is 433 g/mol. The van der Waals surface area contributed by atoms with Crippen molar-refractivity contribution in [2.75, 3.05) is 31.1 Å². The third kappa shape index (κ3) is 3.88. The van der Waals surface area contributed by atoms with E-state index in [4.69, 9.17) is 4.42 Å². The zero-order valence-electron chi connectivity index (χ0n) is 17.3. The number of benzene rings is 2. The van der Waals surface area contributed by atoms with Crippen LogP contribution in [0.5, 0.6) is 0 Å². The lowest BCUT2D eigenvalue weighted by atomic mass is 10.2. The van der Waals surface area contributed by atoms with Gasteiger partial charge in [0.25, 0.3) is 0 Å². The van der Waals surface area contributed by atoms with E-state index in [0.29, 0.717) is 31.7 Å². The molecule has 1 saturated heterocycles. The van der Waals surface area contributed by atoms with Crippen molar-refractivity contribution in [2.45, 2.75) is 22.8 Å². The second-order valence-corrected chi connectivity index (χ2v) is 9.90. The Morgan fingerprint density at radius 2 is 1.62 bits per heavy atom. The number of halogens is 1. The average Bonchev–Trinajstić information content (AvgIpc) is 3.57. The van der Waals surface area contributed by atoms with E-state index in [0.717, 1.165) is 12.8 Å². The van der Waals surface area contributed by atoms with Crippen LogP contribution < -0.4 is 4.90 Å². The molecule has 9 heteroatoms. The van der Waals surface area contributed by atoms with Gasteiger partial charge in [0.15, 0.2) is 0 Å². The molecule has 0 radical (unpaired) electrons. The monoisotopic (exact) mass is 455 g/mol. The molecule has 0 unspecified atom stereocenters. The van der Waals surface area contributed by atoms with Crippen molar-refractivity contribution < 1.29 is 22.0 Å². The van der Waals surface area contributed by atoms with Gasteiger partial charge in [-0.1, -0.05) is 18.2 Å². The van der Waals surface area contributed by atoms with E-state index in [9.17, 15) is 17.6 Å². The molecule has 2 fully saturated rings. The van der Waals surface area contributed by atoms with Gasteiger partial charge in [0.05, 0.1) is 4.90 Å². The van der Waals surface area contributed by atoms with Gasteiger partial charge in [0.1, 0.15) is 5.82 Å². The first-order chi connectivity index (χ1) is 15.4. The van der Waals surface area contributed by atoms with Crippen LogP contribution >= 0.6 is 0 Å². The van der Waals surface area contributed by atoms with Crippen molar-refractivity contribution in [3.8, 4) is 11.5 Å². The minimum atomic E-state index is -3.95. The van der Waals surface area contributed by atoms with E-state index in [2.05, 4.69) is 4.98 Å². The Balaban J connectivity index is 1.50. The number of carbonyl (C=O) groups is 1. The molecule has 2 aromatic carbocycles. The standard InChI is InChI=1S/C23H22FN3O4S/c24-18-10-8-16(9-11-18)20-25-21(32(29,30)19-4-2-1-3-5-19)23(31-20)27-14-12-26(13-15-27)22(28)17-6-7-17/h1-5,8-11,17H,6-7,12-15H2. The normalized spacial score (nSPS) is 16.9. The highest BCUT2D eigenvalue weighted by molar-refractivity contribution is 7.91. The number of hydrogen-bond acceptors (Lipinski definition) is 6. The van der Waals surface area contributed by atoms with Crippen LogP contribution in [0.2, 0.25) is 0 Å². The largest absolute Gasteiger partial charge is 0.419 e. The van der Waals surface area contributed by atoms with Gasteiger partial charge in [-0.2, -0.15) is 4.98 Å². The van der Waals surface area contributed by atoms with Gasteiger partial charge in [-0.3, -0.25) is 4.79 Å². The molecule has 2 heterocycles. The molecule has 32 heavy (non-hydrogen) atoms. The van der Waals surface area contributed by atoms with E-state index >= 15 is 0 Å². The Kier molecular flexibility index (Phi) is 5.21. The highest BCUT2D eigenvalue weighted by atomic mass is 32.2. The van der Waals surface area contributed by atoms with E-state index in [1.54, 1.807) is 18.2 Å². The average molecular weight is 456 g/mol. The molecule has 1 amide bonds. The van der Waals surface area contributed by atoms with Gasteiger partial charge in [0.2, 0.25) is 32.5 Å². The summed E-state index contributed by atoms with van der Waals surface area (Å²) in [5.41, 5.74) is 0.477. The first kappa shape index (κ1) is 20.7. The van der Waals surface area contributed by atoms with Gasteiger partial charge in [-0.05, 0) is 49.2 Å². The Bertz CT molecular complexity index is 1230. The molecule has 3 aromatic rings. The summed E-state index contributed by atoms with van der Waals surface area (Å²) in [5.74, 6) is 0.157. The Morgan fingerprint density at radius 1 is 0.969 bits per heavy atom. The Hall–Kier alpha value is -3.20. The molecule has 1 saturated carbocycles. The number of amides is 1. The van der Waals surface area contributed by atoms with Gasteiger partial charge in [-0.25, -0.2) is 12.8 Å². The number of carbonyl (C=O) groups excluding carboxylic acids is 1. The summed E-state index contributed by atoms with van der Waals surface area (Å²) < 4.78 is 46.1. The van der Waals surface area contributed by atoms with Crippen LogP contribution in [0.3, 0.4) is 0 Å². The minimum absolute atomic E-state index is 0.103. The lowest BCUT2D eigenvalue weighted by Gasteiger charge is -2.34. The van der Waals surface area contributed by atoms with Gasteiger partial charge < -0.3 is 14.2 Å². The fraction of sp³-hybridized carbons (Fsp3) is 0.304. The second-order valence-electron chi connectivity index (χ2n) is 8.04. The lowest BCUT2D eigenvalue weighted by molar-refractivity contribution is -0.132. The summed E-state index contributed by atoms with van der Waals surface area (Å²) >= 11 is 0. The zero-order valence-corrected chi connectivity index (χ0v) is 18.1.